The van der Waals surface area contributed by atoms with E-state index < -0.39 is 0 Å². The number of aromatic nitrogens is 3. The molecule has 0 aliphatic carbocycles. The number of hydrogen-bond donors (Lipinski definition) is 0. The number of pyridine rings is 1. The maximum Gasteiger partial charge on any atom is 0.168 e. The van der Waals surface area contributed by atoms with Gasteiger partial charge in [0.05, 0.1) is 0 Å². The summed E-state index contributed by atoms with van der Waals surface area (Å²) in [5.41, 5.74) is 1.89. The van der Waals surface area contributed by atoms with Crippen LogP contribution in [0, 0.1) is 5.82 Å². The molecule has 0 fully saturated rings. The van der Waals surface area contributed by atoms with Crippen molar-refractivity contribution in [1.29, 1.82) is 0 Å². The zero-order valence-electron chi connectivity index (χ0n) is 9.25. The Morgan fingerprint density at radius 2 is 1.89 bits per heavy atom. The number of benzene rings is 1. The molecule has 0 radical (unpaired) electrons. The molecular weight excluding hydrogens is 233 g/mol. The topological polar surface area (TPSA) is 47.3 Å². The molecule has 0 saturated carbocycles. The van der Waals surface area contributed by atoms with Gasteiger partial charge < -0.3 is 0 Å². The molecule has 0 atom stereocenters. The third-order valence-electron chi connectivity index (χ3n) is 2.67. The van der Waals surface area contributed by atoms with Gasteiger partial charge in [-0.25, -0.2) is 4.39 Å². The van der Waals surface area contributed by atoms with Crippen LogP contribution in [0.1, 0.15) is 10.4 Å². The minimum absolute atomic E-state index is 0.296. The van der Waals surface area contributed by atoms with E-state index in [1.54, 1.807) is 34.9 Å². The molecule has 2 aromatic heterocycles. The molecule has 0 bridgehead atoms. The Kier molecular flexibility index (Phi) is 2.37. The van der Waals surface area contributed by atoms with Crippen molar-refractivity contribution >= 4 is 11.9 Å². The fourth-order valence-electron chi connectivity index (χ4n) is 1.78. The van der Waals surface area contributed by atoms with Gasteiger partial charge in [0.25, 0.3) is 0 Å². The van der Waals surface area contributed by atoms with Gasteiger partial charge in [-0.1, -0.05) is 0 Å². The predicted octanol–water partition coefficient (Wildman–Crippen LogP) is 2.35. The molecule has 0 spiro atoms. The molecule has 3 rings (SSSR count). The van der Waals surface area contributed by atoms with Crippen LogP contribution in [0.15, 0.2) is 42.6 Å². The molecule has 0 N–H and O–H groups in total. The van der Waals surface area contributed by atoms with Gasteiger partial charge >= 0.3 is 0 Å². The van der Waals surface area contributed by atoms with Gasteiger partial charge in [0.1, 0.15) is 12.1 Å². The summed E-state index contributed by atoms with van der Waals surface area (Å²) in [7, 11) is 0. The van der Waals surface area contributed by atoms with Gasteiger partial charge in [-0.05, 0) is 36.4 Å². The van der Waals surface area contributed by atoms with Gasteiger partial charge in [-0.3, -0.25) is 9.20 Å². The van der Waals surface area contributed by atoms with Crippen LogP contribution in [0.2, 0.25) is 0 Å². The molecule has 18 heavy (non-hydrogen) atoms. The highest BCUT2D eigenvalue weighted by atomic mass is 19.1. The maximum atomic E-state index is 12.9. The highest BCUT2D eigenvalue weighted by Crippen LogP contribution is 2.18. The Morgan fingerprint density at radius 1 is 1.11 bits per heavy atom. The monoisotopic (exact) mass is 241 g/mol. The number of carbonyl (C=O) groups excluding carboxylic acids is 1. The molecule has 5 heteroatoms. The molecule has 0 unspecified atom stereocenters. The third-order valence-corrected chi connectivity index (χ3v) is 2.67. The molecule has 0 aliphatic rings. The zero-order valence-corrected chi connectivity index (χ0v) is 9.25. The molecule has 2 heterocycles. The second-order valence-electron chi connectivity index (χ2n) is 3.84. The summed E-state index contributed by atoms with van der Waals surface area (Å²) < 4.78 is 14.6. The van der Waals surface area contributed by atoms with E-state index in [0.29, 0.717) is 17.0 Å². The highest BCUT2D eigenvalue weighted by molar-refractivity contribution is 5.77. The van der Waals surface area contributed by atoms with Crippen molar-refractivity contribution in [3.8, 4) is 11.4 Å². The first kappa shape index (κ1) is 10.6. The second kappa shape index (κ2) is 4.03. The standard InChI is InChI=1S/C13H8FN3O/c14-11-3-1-10(2-4-11)13-16-15-12-7-9(8-18)5-6-17(12)13/h1-8H. The van der Waals surface area contributed by atoms with Crippen molar-refractivity contribution in [2.24, 2.45) is 0 Å². The van der Waals surface area contributed by atoms with Crippen molar-refractivity contribution in [3.05, 3.63) is 54.0 Å². The first-order valence-electron chi connectivity index (χ1n) is 5.34. The number of nitrogens with zero attached hydrogens (tertiary/aromatic N) is 3. The van der Waals surface area contributed by atoms with Crippen molar-refractivity contribution in [2.75, 3.05) is 0 Å². The average Bonchev–Trinajstić information content (AvgIpc) is 2.82. The van der Waals surface area contributed by atoms with Gasteiger partial charge in [0.2, 0.25) is 0 Å². The Labute approximate surface area is 102 Å². The lowest BCUT2D eigenvalue weighted by molar-refractivity contribution is 0.112. The number of aldehydes is 1. The smallest absolute Gasteiger partial charge is 0.168 e. The Bertz CT molecular complexity index is 719. The van der Waals surface area contributed by atoms with Gasteiger partial charge in [-0.2, -0.15) is 0 Å². The second-order valence-corrected chi connectivity index (χ2v) is 3.84. The summed E-state index contributed by atoms with van der Waals surface area (Å²) in [6.07, 6.45) is 2.48. The van der Waals surface area contributed by atoms with Crippen molar-refractivity contribution in [1.82, 2.24) is 14.6 Å². The molecule has 4 nitrogen and oxygen atoms in total. The van der Waals surface area contributed by atoms with Gasteiger partial charge in [0, 0.05) is 17.3 Å². The van der Waals surface area contributed by atoms with Crippen LogP contribution < -0.4 is 0 Å². The summed E-state index contributed by atoms with van der Waals surface area (Å²) in [5.74, 6) is 0.318. The van der Waals surface area contributed by atoms with E-state index in [4.69, 9.17) is 0 Å². The molecule has 3 aromatic rings. The highest BCUT2D eigenvalue weighted by Gasteiger charge is 2.08. The summed E-state index contributed by atoms with van der Waals surface area (Å²) in [4.78, 5) is 10.7. The first-order chi connectivity index (χ1) is 8.78. The van der Waals surface area contributed by atoms with E-state index in [1.165, 1.54) is 12.1 Å². The SMILES string of the molecule is O=Cc1ccn2c(-c3ccc(F)cc3)nnc2c1. The molecule has 88 valence electrons. The fourth-order valence-corrected chi connectivity index (χ4v) is 1.78. The van der Waals surface area contributed by atoms with E-state index in [0.717, 1.165) is 11.8 Å². The zero-order chi connectivity index (χ0) is 12.5. The van der Waals surface area contributed by atoms with Gasteiger partial charge in [-0.15, -0.1) is 10.2 Å². The molecule has 1 aromatic carbocycles. The van der Waals surface area contributed by atoms with E-state index >= 15 is 0 Å². The van der Waals surface area contributed by atoms with Crippen molar-refractivity contribution < 1.29 is 9.18 Å². The third kappa shape index (κ3) is 1.66. The average molecular weight is 241 g/mol. The number of halogens is 1. The largest absolute Gasteiger partial charge is 0.298 e. The lowest BCUT2D eigenvalue weighted by Gasteiger charge is -2.00. The quantitative estimate of drug-likeness (QED) is 0.647. The van der Waals surface area contributed by atoms with Crippen LogP contribution in [-0.4, -0.2) is 20.9 Å². The Morgan fingerprint density at radius 3 is 2.61 bits per heavy atom. The van der Waals surface area contributed by atoms with Gasteiger partial charge in [0.15, 0.2) is 11.5 Å². The van der Waals surface area contributed by atoms with Crippen molar-refractivity contribution in [3.63, 3.8) is 0 Å². The van der Waals surface area contributed by atoms with Crippen LogP contribution in [0.25, 0.3) is 17.0 Å². The predicted molar refractivity (Wildman–Crippen MR) is 63.8 cm³/mol. The van der Waals surface area contributed by atoms with Crippen LogP contribution in [0.3, 0.4) is 0 Å². The van der Waals surface area contributed by atoms with E-state index in [-0.39, 0.29) is 5.82 Å². The van der Waals surface area contributed by atoms with Crippen molar-refractivity contribution in [2.45, 2.75) is 0 Å². The summed E-state index contributed by atoms with van der Waals surface area (Å²) in [5, 5.41) is 8.03. The summed E-state index contributed by atoms with van der Waals surface area (Å²) >= 11 is 0. The summed E-state index contributed by atoms with van der Waals surface area (Å²) in [6, 6.07) is 9.34. The molecule has 0 amide bonds. The molecule has 0 aliphatic heterocycles. The number of hydrogen-bond acceptors (Lipinski definition) is 3. The number of rotatable bonds is 2. The first-order valence-corrected chi connectivity index (χ1v) is 5.34. The van der Waals surface area contributed by atoms with Crippen LogP contribution in [-0.2, 0) is 0 Å². The minimum atomic E-state index is -0.296. The van der Waals surface area contributed by atoms with E-state index in [2.05, 4.69) is 10.2 Å². The van der Waals surface area contributed by atoms with E-state index in [9.17, 15) is 9.18 Å². The number of carbonyl (C=O) groups is 1. The van der Waals surface area contributed by atoms with Crippen LogP contribution in [0.5, 0.6) is 0 Å². The minimum Gasteiger partial charge on any atom is -0.298 e. The normalized spacial score (nSPS) is 10.7. The molecule has 0 saturated heterocycles. The lowest BCUT2D eigenvalue weighted by Crippen LogP contribution is -1.91. The lowest BCUT2D eigenvalue weighted by atomic mass is 10.2. The summed E-state index contributed by atoms with van der Waals surface area (Å²) in [6.45, 7) is 0. The molecular formula is C13H8FN3O. The number of fused-ring (bicyclic) bond motifs is 1. The van der Waals surface area contributed by atoms with E-state index in [1.807, 2.05) is 0 Å². The maximum absolute atomic E-state index is 12.9. The van der Waals surface area contributed by atoms with Crippen LogP contribution in [0.4, 0.5) is 4.39 Å². The fraction of sp³-hybridized carbons (Fsp3) is 0. The Balaban J connectivity index is 2.18. The van der Waals surface area contributed by atoms with Crippen LogP contribution >= 0.6 is 0 Å². The Hall–Kier alpha value is -2.56.